The number of pyridine rings is 1. The van der Waals surface area contributed by atoms with Crippen LogP contribution < -0.4 is 16.4 Å². The maximum absolute atomic E-state index is 12.4. The minimum absolute atomic E-state index is 0.252. The normalized spacial score (nSPS) is 10.6. The van der Waals surface area contributed by atoms with Gasteiger partial charge in [-0.3, -0.25) is 14.6 Å². The van der Waals surface area contributed by atoms with Crippen LogP contribution in [-0.2, 0) is 0 Å². The van der Waals surface area contributed by atoms with Crippen LogP contribution in [0.4, 0.5) is 17.1 Å². The maximum atomic E-state index is 12.4. The number of nitrogens with zero attached hydrogens (tertiary/aromatic N) is 1. The molecule has 0 aliphatic rings. The monoisotopic (exact) mass is 371 g/mol. The Labute approximate surface area is 160 Å². The second kappa shape index (κ2) is 7.24. The van der Waals surface area contributed by atoms with Crippen LogP contribution in [0.2, 0.25) is 0 Å². The van der Waals surface area contributed by atoms with Crippen LogP contribution in [-0.4, -0.2) is 21.8 Å². The summed E-state index contributed by atoms with van der Waals surface area (Å²) < 4.78 is 0. The van der Waals surface area contributed by atoms with E-state index in [4.69, 9.17) is 5.73 Å². The smallest absolute Gasteiger partial charge is 0.272 e. The Hall–Kier alpha value is -4.13. The molecule has 0 aliphatic heterocycles. The number of para-hydroxylation sites is 1. The van der Waals surface area contributed by atoms with Gasteiger partial charge < -0.3 is 21.4 Å². The molecule has 2 heterocycles. The molecule has 0 aliphatic carbocycles. The second-order valence-electron chi connectivity index (χ2n) is 6.22. The minimum Gasteiger partial charge on any atom is -0.396 e. The van der Waals surface area contributed by atoms with Gasteiger partial charge >= 0.3 is 0 Å². The third-order valence-corrected chi connectivity index (χ3v) is 4.28. The van der Waals surface area contributed by atoms with E-state index < -0.39 is 0 Å². The molecule has 7 nitrogen and oxygen atoms in total. The van der Waals surface area contributed by atoms with Crippen molar-refractivity contribution in [1.82, 2.24) is 9.97 Å². The van der Waals surface area contributed by atoms with Crippen molar-refractivity contribution < 1.29 is 9.59 Å². The lowest BCUT2D eigenvalue weighted by molar-refractivity contribution is 0.101. The summed E-state index contributed by atoms with van der Waals surface area (Å²) in [6, 6.07) is 17.7. The molecule has 2 aromatic carbocycles. The summed E-state index contributed by atoms with van der Waals surface area (Å²) in [5, 5.41) is 6.51. The van der Waals surface area contributed by atoms with Gasteiger partial charge in [0.05, 0.1) is 17.6 Å². The Morgan fingerprint density at radius 2 is 1.71 bits per heavy atom. The summed E-state index contributed by atoms with van der Waals surface area (Å²) in [5.41, 5.74) is 9.06. The fraction of sp³-hybridized carbons (Fsp3) is 0. The maximum Gasteiger partial charge on any atom is 0.272 e. The third-order valence-electron chi connectivity index (χ3n) is 4.28. The highest BCUT2D eigenvalue weighted by Crippen LogP contribution is 2.19. The van der Waals surface area contributed by atoms with Crippen LogP contribution in [0.3, 0.4) is 0 Å². The molecule has 0 saturated carbocycles. The molecule has 4 rings (SSSR count). The topological polar surface area (TPSA) is 113 Å². The summed E-state index contributed by atoms with van der Waals surface area (Å²) in [7, 11) is 0. The van der Waals surface area contributed by atoms with Crippen molar-refractivity contribution >= 4 is 39.8 Å². The zero-order valence-electron chi connectivity index (χ0n) is 14.8. The molecule has 2 amide bonds. The number of hydrogen-bond donors (Lipinski definition) is 4. The molecular formula is C21H17N5O2. The molecular weight excluding hydrogens is 354 g/mol. The minimum atomic E-state index is -0.300. The van der Waals surface area contributed by atoms with Crippen molar-refractivity contribution in [2.45, 2.75) is 0 Å². The first-order valence-corrected chi connectivity index (χ1v) is 8.60. The number of rotatable bonds is 4. The first-order valence-electron chi connectivity index (χ1n) is 8.60. The van der Waals surface area contributed by atoms with E-state index in [2.05, 4.69) is 20.6 Å². The molecule has 7 heteroatoms. The number of fused-ring (bicyclic) bond motifs is 1. The summed E-state index contributed by atoms with van der Waals surface area (Å²) in [5.74, 6) is -0.552. The van der Waals surface area contributed by atoms with Gasteiger partial charge in [-0.05, 0) is 42.5 Å². The first kappa shape index (κ1) is 17.3. The van der Waals surface area contributed by atoms with Crippen molar-refractivity contribution in [3.63, 3.8) is 0 Å². The number of hydrogen-bond acceptors (Lipinski definition) is 4. The zero-order chi connectivity index (χ0) is 19.5. The quantitative estimate of drug-likeness (QED) is 0.438. The zero-order valence-corrected chi connectivity index (χ0v) is 14.8. The highest BCUT2D eigenvalue weighted by Gasteiger charge is 2.11. The van der Waals surface area contributed by atoms with Crippen LogP contribution in [0.15, 0.2) is 73.1 Å². The first-order chi connectivity index (χ1) is 13.6. The van der Waals surface area contributed by atoms with E-state index in [0.717, 1.165) is 10.9 Å². The number of aromatic amines is 1. The number of amides is 2. The molecule has 0 radical (unpaired) electrons. The molecule has 2 aromatic heterocycles. The third kappa shape index (κ3) is 3.54. The van der Waals surface area contributed by atoms with Crippen LogP contribution >= 0.6 is 0 Å². The van der Waals surface area contributed by atoms with Crippen molar-refractivity contribution in [2.24, 2.45) is 0 Å². The summed E-state index contributed by atoms with van der Waals surface area (Å²) in [6.07, 6.45) is 3.02. The molecule has 4 aromatic rings. The largest absolute Gasteiger partial charge is 0.396 e. The van der Waals surface area contributed by atoms with E-state index in [1.54, 1.807) is 42.6 Å². The van der Waals surface area contributed by atoms with E-state index in [9.17, 15) is 9.59 Å². The van der Waals surface area contributed by atoms with Gasteiger partial charge in [0.2, 0.25) is 0 Å². The fourth-order valence-corrected chi connectivity index (χ4v) is 2.81. The van der Waals surface area contributed by atoms with Gasteiger partial charge in [-0.25, -0.2) is 0 Å². The van der Waals surface area contributed by atoms with E-state index in [-0.39, 0.29) is 11.8 Å². The van der Waals surface area contributed by atoms with Gasteiger partial charge in [0.1, 0.15) is 5.69 Å². The van der Waals surface area contributed by atoms with E-state index in [1.807, 2.05) is 24.3 Å². The standard InChI is InChI=1S/C21H17N5O2/c22-16-12-23-10-9-18(16)26-20(27)13-5-7-15(8-6-13)24-21(28)19-11-14-3-1-2-4-17(14)25-19/h1-12,25H,22H2,(H,24,28)(H,23,26,27). The summed E-state index contributed by atoms with van der Waals surface area (Å²) in [4.78, 5) is 31.7. The van der Waals surface area contributed by atoms with Crippen LogP contribution in [0, 0.1) is 0 Å². The molecule has 0 atom stereocenters. The average molecular weight is 371 g/mol. The number of carbonyl (C=O) groups excluding carboxylic acids is 2. The lowest BCUT2D eigenvalue weighted by atomic mass is 10.2. The Kier molecular flexibility index (Phi) is 4.47. The predicted octanol–water partition coefficient (Wildman–Crippen LogP) is 3.65. The Bertz CT molecular complexity index is 1130. The number of carbonyl (C=O) groups is 2. The van der Waals surface area contributed by atoms with E-state index in [1.165, 1.54) is 6.20 Å². The lowest BCUT2D eigenvalue weighted by Gasteiger charge is -2.08. The Balaban J connectivity index is 1.44. The Morgan fingerprint density at radius 1 is 0.929 bits per heavy atom. The van der Waals surface area contributed by atoms with Crippen LogP contribution in [0.5, 0.6) is 0 Å². The summed E-state index contributed by atoms with van der Waals surface area (Å²) >= 11 is 0. The molecule has 138 valence electrons. The van der Waals surface area contributed by atoms with Gasteiger partial charge in [-0.1, -0.05) is 18.2 Å². The van der Waals surface area contributed by atoms with Crippen molar-refractivity contribution in [3.8, 4) is 0 Å². The average Bonchev–Trinajstić information content (AvgIpc) is 3.15. The number of nitrogen functional groups attached to an aromatic ring is 1. The Morgan fingerprint density at radius 3 is 2.46 bits per heavy atom. The molecule has 0 fully saturated rings. The van der Waals surface area contributed by atoms with E-state index in [0.29, 0.717) is 28.3 Å². The molecule has 5 N–H and O–H groups in total. The summed E-state index contributed by atoms with van der Waals surface area (Å²) in [6.45, 7) is 0. The predicted molar refractivity (Wildman–Crippen MR) is 109 cm³/mol. The van der Waals surface area contributed by atoms with Crippen LogP contribution in [0.25, 0.3) is 10.9 Å². The number of nitrogens with one attached hydrogen (secondary N) is 3. The van der Waals surface area contributed by atoms with Crippen molar-refractivity contribution in [3.05, 3.63) is 84.3 Å². The molecule has 0 saturated heterocycles. The van der Waals surface area contributed by atoms with E-state index >= 15 is 0 Å². The van der Waals surface area contributed by atoms with Gasteiger partial charge in [0.25, 0.3) is 11.8 Å². The number of aromatic nitrogens is 2. The SMILES string of the molecule is Nc1cnccc1NC(=O)c1ccc(NC(=O)c2cc3ccccc3[nH]2)cc1. The molecule has 28 heavy (non-hydrogen) atoms. The molecule has 0 unspecified atom stereocenters. The highest BCUT2D eigenvalue weighted by molar-refractivity contribution is 6.07. The number of H-pyrrole nitrogens is 1. The second-order valence-corrected chi connectivity index (χ2v) is 6.22. The lowest BCUT2D eigenvalue weighted by Crippen LogP contribution is -2.14. The number of nitrogens with two attached hydrogens (primary N) is 1. The van der Waals surface area contributed by atoms with Crippen LogP contribution in [0.1, 0.15) is 20.8 Å². The van der Waals surface area contributed by atoms with Crippen molar-refractivity contribution in [2.75, 3.05) is 16.4 Å². The number of anilines is 3. The van der Waals surface area contributed by atoms with Gasteiger partial charge in [-0.15, -0.1) is 0 Å². The van der Waals surface area contributed by atoms with Gasteiger partial charge in [-0.2, -0.15) is 0 Å². The fourth-order valence-electron chi connectivity index (χ4n) is 2.81. The molecule has 0 bridgehead atoms. The van der Waals surface area contributed by atoms with Gasteiger partial charge in [0.15, 0.2) is 0 Å². The highest BCUT2D eigenvalue weighted by atomic mass is 16.2. The molecule has 0 spiro atoms. The van der Waals surface area contributed by atoms with Crippen molar-refractivity contribution in [1.29, 1.82) is 0 Å². The number of benzene rings is 2. The van der Waals surface area contributed by atoms with Gasteiger partial charge in [0, 0.05) is 28.4 Å².